The minimum absolute atomic E-state index is 0.0131. The van der Waals surface area contributed by atoms with Crippen LogP contribution in [-0.2, 0) is 22.6 Å². The molecule has 7 nitrogen and oxygen atoms in total. The predicted octanol–water partition coefficient (Wildman–Crippen LogP) is 5.48. The van der Waals surface area contributed by atoms with E-state index >= 15 is 0 Å². The molecule has 4 rings (SSSR count). The van der Waals surface area contributed by atoms with Gasteiger partial charge in [-0.1, -0.05) is 85.8 Å². The lowest BCUT2D eigenvalue weighted by Gasteiger charge is -2.43. The summed E-state index contributed by atoms with van der Waals surface area (Å²) < 4.78 is 13.2. The molecule has 0 aromatic heterocycles. The van der Waals surface area contributed by atoms with Crippen molar-refractivity contribution in [1.82, 2.24) is 15.5 Å². The van der Waals surface area contributed by atoms with Gasteiger partial charge in [-0.25, -0.2) is 4.79 Å². The Morgan fingerprint density at radius 3 is 2.21 bits per heavy atom. The van der Waals surface area contributed by atoms with Crippen LogP contribution in [0.5, 0.6) is 0 Å². The van der Waals surface area contributed by atoms with Gasteiger partial charge in [-0.3, -0.25) is 4.90 Å². The SMILES string of the molecule is CCNC(=O)NCc1ccc(C2OC(CN(C)C(C)c3ccccc3)C(C)C(c3ccc(CO)cc3)O2)cc1. The molecule has 3 aromatic rings. The highest BCUT2D eigenvalue weighted by molar-refractivity contribution is 5.73. The van der Waals surface area contributed by atoms with Gasteiger partial charge >= 0.3 is 6.03 Å². The lowest BCUT2D eigenvalue weighted by molar-refractivity contribution is -0.276. The highest BCUT2D eigenvalue weighted by Gasteiger charge is 2.39. The Hall–Kier alpha value is -3.23. The molecule has 1 aliphatic rings. The van der Waals surface area contributed by atoms with E-state index in [4.69, 9.17) is 9.47 Å². The fraction of sp³-hybridized carbons (Fsp3) is 0.406. The van der Waals surface area contributed by atoms with Gasteiger partial charge in [0.05, 0.1) is 18.8 Å². The fourth-order valence-electron chi connectivity index (χ4n) is 4.95. The van der Waals surface area contributed by atoms with Crippen molar-refractivity contribution >= 4 is 6.03 Å². The van der Waals surface area contributed by atoms with Crippen molar-refractivity contribution in [3.05, 3.63) is 107 Å². The molecular formula is C32H41N3O4. The van der Waals surface area contributed by atoms with E-state index in [-0.39, 0.29) is 36.8 Å². The van der Waals surface area contributed by atoms with Gasteiger partial charge < -0.3 is 25.2 Å². The van der Waals surface area contributed by atoms with E-state index in [0.29, 0.717) is 13.1 Å². The number of benzene rings is 3. The molecule has 7 heteroatoms. The van der Waals surface area contributed by atoms with Crippen molar-refractivity contribution in [2.75, 3.05) is 20.1 Å². The first kappa shape index (κ1) is 28.8. The van der Waals surface area contributed by atoms with Crippen molar-refractivity contribution in [2.45, 2.75) is 58.5 Å². The molecule has 1 fully saturated rings. The molecule has 5 atom stereocenters. The highest BCUT2D eigenvalue weighted by atomic mass is 16.7. The zero-order chi connectivity index (χ0) is 27.8. The van der Waals surface area contributed by atoms with Gasteiger partial charge in [-0.15, -0.1) is 0 Å². The van der Waals surface area contributed by atoms with Crippen molar-refractivity contribution < 1.29 is 19.4 Å². The van der Waals surface area contributed by atoms with Crippen LogP contribution >= 0.6 is 0 Å². The Balaban J connectivity index is 1.53. The van der Waals surface area contributed by atoms with Crippen LogP contribution in [-0.4, -0.2) is 42.3 Å². The average Bonchev–Trinajstić information content (AvgIpc) is 2.97. The van der Waals surface area contributed by atoms with E-state index in [1.54, 1.807) is 0 Å². The number of rotatable bonds is 10. The summed E-state index contributed by atoms with van der Waals surface area (Å²) in [6.45, 7) is 8.08. The highest BCUT2D eigenvalue weighted by Crippen LogP contribution is 2.42. The Morgan fingerprint density at radius 1 is 0.923 bits per heavy atom. The number of likely N-dealkylation sites (N-methyl/N-ethyl adjacent to an activating group) is 1. The van der Waals surface area contributed by atoms with Gasteiger partial charge in [-0.2, -0.15) is 0 Å². The summed E-state index contributed by atoms with van der Waals surface area (Å²) in [4.78, 5) is 14.1. The molecule has 0 bridgehead atoms. The second kappa shape index (κ2) is 13.7. The number of hydrogen-bond acceptors (Lipinski definition) is 5. The summed E-state index contributed by atoms with van der Waals surface area (Å²) in [6, 6.07) is 26.6. The Morgan fingerprint density at radius 2 is 1.56 bits per heavy atom. The number of carbonyl (C=O) groups excluding carboxylic acids is 1. The average molecular weight is 532 g/mol. The van der Waals surface area contributed by atoms with Crippen LogP contribution in [0.15, 0.2) is 78.9 Å². The molecule has 0 spiro atoms. The summed E-state index contributed by atoms with van der Waals surface area (Å²) in [7, 11) is 2.14. The molecule has 1 aliphatic heterocycles. The lowest BCUT2D eigenvalue weighted by atomic mass is 9.89. The van der Waals surface area contributed by atoms with Crippen LogP contribution in [0.3, 0.4) is 0 Å². The van der Waals surface area contributed by atoms with E-state index in [1.807, 2.05) is 61.5 Å². The first-order chi connectivity index (χ1) is 18.9. The molecule has 39 heavy (non-hydrogen) atoms. The zero-order valence-corrected chi connectivity index (χ0v) is 23.3. The summed E-state index contributed by atoms with van der Waals surface area (Å²) in [5, 5.41) is 15.1. The monoisotopic (exact) mass is 531 g/mol. The number of carbonyl (C=O) groups is 1. The second-order valence-corrected chi connectivity index (χ2v) is 10.3. The molecule has 3 N–H and O–H groups in total. The third-order valence-electron chi connectivity index (χ3n) is 7.58. The molecule has 3 aromatic carbocycles. The van der Waals surface area contributed by atoms with Gasteiger partial charge in [0.25, 0.3) is 0 Å². The molecule has 0 saturated carbocycles. The smallest absolute Gasteiger partial charge is 0.315 e. The molecule has 1 saturated heterocycles. The van der Waals surface area contributed by atoms with Crippen LogP contribution in [0.25, 0.3) is 0 Å². The molecule has 208 valence electrons. The van der Waals surface area contributed by atoms with E-state index in [1.165, 1.54) is 5.56 Å². The normalized spacial score (nSPS) is 21.9. The lowest BCUT2D eigenvalue weighted by Crippen LogP contribution is -2.44. The Kier molecular flexibility index (Phi) is 10.1. The topological polar surface area (TPSA) is 83.1 Å². The van der Waals surface area contributed by atoms with Crippen LogP contribution in [0.4, 0.5) is 4.79 Å². The van der Waals surface area contributed by atoms with E-state index in [9.17, 15) is 9.90 Å². The number of hydrogen-bond donors (Lipinski definition) is 3. The Labute approximate surface area is 232 Å². The van der Waals surface area contributed by atoms with Gasteiger partial charge in [0.2, 0.25) is 0 Å². The van der Waals surface area contributed by atoms with Crippen LogP contribution in [0.2, 0.25) is 0 Å². The number of nitrogens with zero attached hydrogens (tertiary/aromatic N) is 1. The molecular weight excluding hydrogens is 490 g/mol. The third kappa shape index (κ3) is 7.46. The van der Waals surface area contributed by atoms with E-state index in [0.717, 1.165) is 28.8 Å². The molecule has 0 aliphatic carbocycles. The van der Waals surface area contributed by atoms with Gasteiger partial charge in [0.15, 0.2) is 6.29 Å². The zero-order valence-electron chi connectivity index (χ0n) is 23.3. The maximum Gasteiger partial charge on any atom is 0.315 e. The van der Waals surface area contributed by atoms with Crippen LogP contribution in [0.1, 0.15) is 67.0 Å². The summed E-state index contributed by atoms with van der Waals surface area (Å²) in [6.07, 6.45) is -0.762. The molecule has 1 heterocycles. The number of amides is 2. The summed E-state index contributed by atoms with van der Waals surface area (Å²) >= 11 is 0. The van der Waals surface area contributed by atoms with Gasteiger partial charge in [0.1, 0.15) is 0 Å². The number of urea groups is 1. The van der Waals surface area contributed by atoms with E-state index < -0.39 is 6.29 Å². The van der Waals surface area contributed by atoms with Crippen LogP contribution < -0.4 is 10.6 Å². The minimum atomic E-state index is -0.528. The number of aliphatic hydroxyl groups is 1. The first-order valence-electron chi connectivity index (χ1n) is 13.8. The summed E-state index contributed by atoms with van der Waals surface area (Å²) in [5.74, 6) is 0.104. The number of aliphatic hydroxyl groups excluding tert-OH is 1. The maximum absolute atomic E-state index is 11.8. The maximum atomic E-state index is 11.8. The molecule has 5 unspecified atom stereocenters. The number of nitrogens with one attached hydrogen (secondary N) is 2. The largest absolute Gasteiger partial charge is 0.392 e. The Bertz CT molecular complexity index is 1170. The molecule has 0 radical (unpaired) electrons. The first-order valence-corrected chi connectivity index (χ1v) is 13.8. The van der Waals surface area contributed by atoms with Crippen molar-refractivity contribution in [3.8, 4) is 0 Å². The van der Waals surface area contributed by atoms with Gasteiger partial charge in [0, 0.05) is 37.2 Å². The standard InChI is InChI=1S/C32H41N3O4/c1-5-33-32(37)34-19-24-11-17-28(18-12-24)31-38-29(20-35(4)23(3)26-9-7-6-8-10-26)22(2)30(39-31)27-15-13-25(21-36)14-16-27/h6-18,22-23,29-31,36H,5,19-21H2,1-4H3,(H2,33,34,37). The number of ether oxygens (including phenoxy) is 2. The minimum Gasteiger partial charge on any atom is -0.392 e. The summed E-state index contributed by atoms with van der Waals surface area (Å²) in [5.41, 5.74) is 5.14. The fourth-order valence-corrected chi connectivity index (χ4v) is 4.95. The van der Waals surface area contributed by atoms with Crippen molar-refractivity contribution in [1.29, 1.82) is 0 Å². The quantitative estimate of drug-likeness (QED) is 0.323. The third-order valence-corrected chi connectivity index (χ3v) is 7.58. The van der Waals surface area contributed by atoms with Crippen molar-refractivity contribution in [2.24, 2.45) is 5.92 Å². The van der Waals surface area contributed by atoms with E-state index in [2.05, 4.69) is 60.7 Å². The van der Waals surface area contributed by atoms with Crippen LogP contribution in [0, 0.1) is 5.92 Å². The predicted molar refractivity (Wildman–Crippen MR) is 153 cm³/mol. The second-order valence-electron chi connectivity index (χ2n) is 10.3. The van der Waals surface area contributed by atoms with Gasteiger partial charge in [-0.05, 0) is 43.1 Å². The molecule has 2 amide bonds. The van der Waals surface area contributed by atoms with Crippen molar-refractivity contribution in [3.63, 3.8) is 0 Å².